The van der Waals surface area contributed by atoms with Gasteiger partial charge >= 0.3 is 18.0 Å². The van der Waals surface area contributed by atoms with Gasteiger partial charge in [0.15, 0.2) is 16.9 Å². The Morgan fingerprint density at radius 3 is 2.65 bits per heavy atom. The number of methoxy groups -OCH3 is 1. The van der Waals surface area contributed by atoms with Crippen LogP contribution in [-0.2, 0) is 19.1 Å². The van der Waals surface area contributed by atoms with Crippen LogP contribution in [0.2, 0.25) is 5.02 Å². The number of amidine groups is 1. The predicted molar refractivity (Wildman–Crippen MR) is 184 cm³/mol. The molecule has 0 bridgehead atoms. The van der Waals surface area contributed by atoms with Gasteiger partial charge in [0.05, 0.1) is 31.9 Å². The van der Waals surface area contributed by atoms with Gasteiger partial charge in [-0.25, -0.2) is 23.8 Å². The van der Waals surface area contributed by atoms with Gasteiger partial charge in [0, 0.05) is 78.4 Å². The van der Waals surface area contributed by atoms with Crippen molar-refractivity contribution >= 4 is 58.3 Å². The van der Waals surface area contributed by atoms with Crippen LogP contribution in [0.4, 0.5) is 14.9 Å². The monoisotopic (exact) mass is 737 g/mol. The summed E-state index contributed by atoms with van der Waals surface area (Å²) >= 11 is 7.86. The number of aliphatic carboxylic acids is 1. The SMILES string of the molecule is COC(=O)C1=C(CN2CCN3C(=O)N(c4ccc(C(=O)N5CCOC[C@H]5C(=O)O)cc4)C[C@@H]3C2)NC(c2nccs2)=N[C@H]1c1ccc(F)cc1Cl. The number of rotatable bonds is 8. The maximum Gasteiger partial charge on any atom is 0.338 e. The van der Waals surface area contributed by atoms with Crippen molar-refractivity contribution in [3.05, 3.63) is 92.3 Å². The normalized spacial score (nSPS) is 22.4. The number of thiazole rings is 1. The minimum Gasteiger partial charge on any atom is -0.480 e. The van der Waals surface area contributed by atoms with E-state index in [0.29, 0.717) is 66.1 Å². The number of carboxylic acids is 1. The Bertz CT molecular complexity index is 1930. The molecule has 4 aliphatic rings. The predicted octanol–water partition coefficient (Wildman–Crippen LogP) is 3.01. The Hall–Kier alpha value is -4.90. The van der Waals surface area contributed by atoms with Gasteiger partial charge in [0.2, 0.25) is 0 Å². The lowest BCUT2D eigenvalue weighted by molar-refractivity contribution is -0.147. The molecule has 14 nitrogen and oxygen atoms in total. The molecule has 3 aromatic rings. The molecule has 2 aromatic carbocycles. The molecular formula is C34H33ClFN7O7S. The Balaban J connectivity index is 1.10. The number of aromatic nitrogens is 1. The van der Waals surface area contributed by atoms with Crippen LogP contribution in [0.15, 0.2) is 70.3 Å². The fourth-order valence-corrected chi connectivity index (χ4v) is 7.68. The van der Waals surface area contributed by atoms with Gasteiger partial charge in [-0.3, -0.25) is 19.6 Å². The minimum absolute atomic E-state index is 0.0726. The summed E-state index contributed by atoms with van der Waals surface area (Å²) in [6, 6.07) is 8.25. The molecule has 17 heteroatoms. The zero-order valence-corrected chi connectivity index (χ0v) is 28.9. The molecule has 3 fully saturated rings. The highest BCUT2D eigenvalue weighted by atomic mass is 35.5. The van der Waals surface area contributed by atoms with Gasteiger partial charge in [0.25, 0.3) is 5.91 Å². The number of halogens is 2. The van der Waals surface area contributed by atoms with Gasteiger partial charge in [0.1, 0.15) is 11.9 Å². The maximum atomic E-state index is 14.0. The first-order valence-electron chi connectivity index (χ1n) is 16.2. The number of piperazine rings is 1. The van der Waals surface area contributed by atoms with Gasteiger partial charge in [-0.1, -0.05) is 17.7 Å². The second kappa shape index (κ2) is 14.4. The number of aliphatic imine (C=N–C) groups is 1. The number of hydrogen-bond donors (Lipinski definition) is 2. The number of urea groups is 1. The van der Waals surface area contributed by atoms with Gasteiger partial charge in [-0.05, 0) is 36.4 Å². The smallest absolute Gasteiger partial charge is 0.338 e. The van der Waals surface area contributed by atoms with Crippen molar-refractivity contribution in [2.75, 3.05) is 64.5 Å². The fourth-order valence-electron chi connectivity index (χ4n) is 6.82. The zero-order valence-electron chi connectivity index (χ0n) is 27.3. The molecule has 3 atom stereocenters. The Morgan fingerprint density at radius 1 is 1.14 bits per heavy atom. The zero-order chi connectivity index (χ0) is 35.8. The van der Waals surface area contributed by atoms with Gasteiger partial charge in [-0.15, -0.1) is 11.3 Å². The minimum atomic E-state index is -1.13. The van der Waals surface area contributed by atoms with E-state index in [1.165, 1.54) is 41.5 Å². The number of carbonyl (C=O) groups is 4. The summed E-state index contributed by atoms with van der Waals surface area (Å²) < 4.78 is 24.5. The quantitative estimate of drug-likeness (QED) is 0.330. The van der Waals surface area contributed by atoms with E-state index in [9.17, 15) is 28.7 Å². The molecule has 3 amide bonds. The molecule has 3 saturated heterocycles. The molecule has 5 heterocycles. The summed E-state index contributed by atoms with van der Waals surface area (Å²) in [5.74, 6) is -2.24. The van der Waals surface area contributed by atoms with E-state index in [4.69, 9.17) is 26.1 Å². The molecule has 0 aliphatic carbocycles. The lowest BCUT2D eigenvalue weighted by Gasteiger charge is -2.38. The molecule has 2 N–H and O–H groups in total. The lowest BCUT2D eigenvalue weighted by Crippen LogP contribution is -2.53. The average molecular weight is 738 g/mol. The van der Waals surface area contributed by atoms with E-state index < -0.39 is 35.7 Å². The van der Waals surface area contributed by atoms with E-state index in [-0.39, 0.29) is 42.4 Å². The number of esters is 1. The van der Waals surface area contributed by atoms with E-state index >= 15 is 0 Å². The highest BCUT2D eigenvalue weighted by Crippen LogP contribution is 2.37. The van der Waals surface area contributed by atoms with Crippen LogP contribution < -0.4 is 10.2 Å². The van der Waals surface area contributed by atoms with Crippen molar-refractivity contribution < 1.29 is 38.1 Å². The van der Waals surface area contributed by atoms with E-state index in [0.717, 1.165) is 0 Å². The van der Waals surface area contributed by atoms with Crippen molar-refractivity contribution in [1.29, 1.82) is 0 Å². The first-order chi connectivity index (χ1) is 24.6. The summed E-state index contributed by atoms with van der Waals surface area (Å²) in [5, 5.41) is 15.4. The number of morpholine rings is 1. The molecule has 266 valence electrons. The molecule has 4 aliphatic heterocycles. The number of amides is 3. The third kappa shape index (κ3) is 6.79. The number of carbonyl (C=O) groups excluding carboxylic acids is 3. The molecule has 7 rings (SSSR count). The average Bonchev–Trinajstić information content (AvgIpc) is 3.79. The van der Waals surface area contributed by atoms with Crippen LogP contribution >= 0.6 is 22.9 Å². The summed E-state index contributed by atoms with van der Waals surface area (Å²) in [7, 11) is 1.28. The maximum absolute atomic E-state index is 14.0. The number of nitrogens with one attached hydrogen (secondary N) is 1. The van der Waals surface area contributed by atoms with Crippen LogP contribution in [0.3, 0.4) is 0 Å². The molecule has 1 aromatic heterocycles. The van der Waals surface area contributed by atoms with Crippen LogP contribution in [0, 0.1) is 5.82 Å². The standard InChI is InChI=1S/C34H33ClFN7O7S/c1-49-33(47)27-25(38-29(30-37-8-13-51-30)39-28(27)23-7-4-20(36)14-24(23)35)17-40-9-10-41-22(15-40)16-43(34(41)48)21-5-2-19(3-6-21)31(44)42-11-12-50-18-26(42)32(45)46/h2-8,13-14,22,26,28H,9-12,15-18H2,1H3,(H,38,39)(H,45,46)/t22-,26-,28-/m0/s1. The van der Waals surface area contributed by atoms with Gasteiger partial charge in [-0.2, -0.15) is 0 Å². The first kappa shape index (κ1) is 34.5. The topological polar surface area (TPSA) is 157 Å². The molecule has 0 radical (unpaired) electrons. The summed E-state index contributed by atoms with van der Waals surface area (Å²) in [6.07, 6.45) is 1.65. The number of carboxylic acid groups (broad SMARTS) is 1. The molecular weight excluding hydrogens is 705 g/mol. The molecule has 0 unspecified atom stereocenters. The van der Waals surface area contributed by atoms with Crippen molar-refractivity contribution in [3.8, 4) is 0 Å². The second-order valence-corrected chi connectivity index (χ2v) is 13.6. The number of anilines is 1. The van der Waals surface area contributed by atoms with Crippen molar-refractivity contribution in [2.24, 2.45) is 4.99 Å². The van der Waals surface area contributed by atoms with E-state index in [1.54, 1.807) is 35.4 Å². The fraction of sp³-hybridized carbons (Fsp3) is 0.353. The lowest BCUT2D eigenvalue weighted by atomic mass is 9.95. The summed E-state index contributed by atoms with van der Waals surface area (Å²) in [5.41, 5.74) is 2.14. The highest BCUT2D eigenvalue weighted by Gasteiger charge is 2.42. The number of nitrogens with zero attached hydrogens (tertiary/aromatic N) is 6. The molecule has 0 saturated carbocycles. The molecule has 51 heavy (non-hydrogen) atoms. The Labute approximate surface area is 300 Å². The van der Waals surface area contributed by atoms with Crippen molar-refractivity contribution in [1.82, 2.24) is 25.0 Å². The van der Waals surface area contributed by atoms with Crippen molar-refractivity contribution in [2.45, 2.75) is 18.1 Å². The number of ether oxygens (including phenoxy) is 2. The van der Waals surface area contributed by atoms with E-state index in [1.807, 2.05) is 10.3 Å². The number of benzene rings is 2. The summed E-state index contributed by atoms with van der Waals surface area (Å²) in [6.45, 7) is 2.48. The summed E-state index contributed by atoms with van der Waals surface area (Å²) in [4.78, 5) is 67.8. The van der Waals surface area contributed by atoms with Crippen LogP contribution in [0.25, 0.3) is 0 Å². The van der Waals surface area contributed by atoms with Crippen molar-refractivity contribution in [3.63, 3.8) is 0 Å². The molecule has 0 spiro atoms. The highest BCUT2D eigenvalue weighted by molar-refractivity contribution is 7.11. The Kier molecular flexibility index (Phi) is 9.74. The van der Waals surface area contributed by atoms with Gasteiger partial charge < -0.3 is 29.7 Å². The largest absolute Gasteiger partial charge is 0.480 e. The third-order valence-electron chi connectivity index (χ3n) is 9.34. The van der Waals surface area contributed by atoms with Crippen LogP contribution in [0.1, 0.15) is 27.0 Å². The number of fused-ring (bicyclic) bond motifs is 1. The first-order valence-corrected chi connectivity index (χ1v) is 17.4. The number of hydrogen-bond acceptors (Lipinski definition) is 11. The van der Waals surface area contributed by atoms with E-state index in [2.05, 4.69) is 15.2 Å². The third-order valence-corrected chi connectivity index (χ3v) is 10.4. The van der Waals surface area contributed by atoms with Crippen LogP contribution in [-0.4, -0.2) is 126 Å². The van der Waals surface area contributed by atoms with Crippen LogP contribution in [0.5, 0.6) is 0 Å². The second-order valence-electron chi connectivity index (χ2n) is 12.3. The Morgan fingerprint density at radius 2 is 1.94 bits per heavy atom.